The maximum absolute atomic E-state index is 12.8. The Hall–Kier alpha value is -2.96. The van der Waals surface area contributed by atoms with E-state index in [9.17, 15) is 4.79 Å². The van der Waals surface area contributed by atoms with Crippen LogP contribution in [0.4, 0.5) is 5.82 Å². The average Bonchev–Trinajstić information content (AvgIpc) is 3.21. The minimum Gasteiger partial charge on any atom is -0.355 e. The summed E-state index contributed by atoms with van der Waals surface area (Å²) in [7, 11) is 0. The van der Waals surface area contributed by atoms with E-state index in [4.69, 9.17) is 0 Å². The number of aryl methyl sites for hydroxylation is 1. The van der Waals surface area contributed by atoms with Gasteiger partial charge in [0.15, 0.2) is 0 Å². The molecule has 3 aromatic rings. The molecule has 0 bridgehead atoms. The molecule has 0 saturated carbocycles. The van der Waals surface area contributed by atoms with Gasteiger partial charge in [-0.25, -0.2) is 4.98 Å². The first-order chi connectivity index (χ1) is 14.2. The molecule has 2 aromatic heterocycles. The van der Waals surface area contributed by atoms with Gasteiger partial charge < -0.3 is 10.2 Å². The summed E-state index contributed by atoms with van der Waals surface area (Å²) in [6.45, 7) is 6.44. The third-order valence-electron chi connectivity index (χ3n) is 5.71. The molecular formula is C22H28N6O. The van der Waals surface area contributed by atoms with E-state index in [1.165, 1.54) is 11.1 Å². The molecule has 1 aliphatic rings. The Morgan fingerprint density at radius 3 is 2.90 bits per heavy atom. The summed E-state index contributed by atoms with van der Waals surface area (Å²) < 4.78 is 1.82. The van der Waals surface area contributed by atoms with Gasteiger partial charge in [-0.3, -0.25) is 4.79 Å². The number of carbonyl (C=O) groups is 1. The summed E-state index contributed by atoms with van der Waals surface area (Å²) in [5.74, 6) is 1.78. The Labute approximate surface area is 171 Å². The number of nitrogens with zero attached hydrogens (tertiary/aromatic N) is 5. The van der Waals surface area contributed by atoms with Crippen molar-refractivity contribution in [1.29, 1.82) is 0 Å². The maximum Gasteiger partial charge on any atom is 0.254 e. The number of nitrogens with one attached hydrogen (secondary N) is 1. The number of benzene rings is 1. The van der Waals surface area contributed by atoms with Crippen LogP contribution in [0.25, 0.3) is 5.78 Å². The molecule has 1 aliphatic heterocycles. The molecule has 1 aromatic carbocycles. The minimum atomic E-state index is -0.0173. The number of carbonyl (C=O) groups excluding carboxylic acids is 1. The van der Waals surface area contributed by atoms with Crippen LogP contribution < -0.4 is 10.2 Å². The lowest BCUT2D eigenvalue weighted by molar-refractivity contribution is -0.125. The molecule has 1 fully saturated rings. The smallest absolute Gasteiger partial charge is 0.254 e. The summed E-state index contributed by atoms with van der Waals surface area (Å²) in [4.78, 5) is 23.9. The first-order valence-electron chi connectivity index (χ1n) is 10.4. The van der Waals surface area contributed by atoms with Crippen molar-refractivity contribution < 1.29 is 4.79 Å². The highest BCUT2D eigenvalue weighted by Crippen LogP contribution is 2.28. The van der Waals surface area contributed by atoms with Crippen molar-refractivity contribution in [1.82, 2.24) is 24.9 Å². The van der Waals surface area contributed by atoms with Gasteiger partial charge in [-0.05, 0) is 38.2 Å². The van der Waals surface area contributed by atoms with Gasteiger partial charge in [0.25, 0.3) is 5.78 Å². The molecule has 3 heterocycles. The predicted octanol–water partition coefficient (Wildman–Crippen LogP) is 2.57. The Kier molecular flexibility index (Phi) is 5.74. The first-order valence-corrected chi connectivity index (χ1v) is 10.4. The fraction of sp³-hybridized carbons (Fsp3) is 0.455. The maximum atomic E-state index is 12.8. The van der Waals surface area contributed by atoms with E-state index in [1.54, 1.807) is 6.33 Å². The van der Waals surface area contributed by atoms with Crippen molar-refractivity contribution in [2.45, 2.75) is 39.5 Å². The van der Waals surface area contributed by atoms with Crippen LogP contribution in [0.5, 0.6) is 0 Å². The Balaban J connectivity index is 1.46. The van der Waals surface area contributed by atoms with Crippen molar-refractivity contribution >= 4 is 17.5 Å². The second-order valence-electron chi connectivity index (χ2n) is 7.64. The average molecular weight is 393 g/mol. The van der Waals surface area contributed by atoms with Crippen molar-refractivity contribution in [3.8, 4) is 0 Å². The summed E-state index contributed by atoms with van der Waals surface area (Å²) in [6.07, 6.45) is 5.17. The fourth-order valence-corrected chi connectivity index (χ4v) is 4.21. The van der Waals surface area contributed by atoms with Crippen molar-refractivity contribution in [3.63, 3.8) is 0 Å². The van der Waals surface area contributed by atoms with Crippen LogP contribution in [0.1, 0.15) is 36.6 Å². The van der Waals surface area contributed by atoms with Gasteiger partial charge >= 0.3 is 0 Å². The molecule has 1 atom stereocenters. The standard InChI is InChI=1S/C22H28N6O/c1-3-19-16(2)26-22-24-15-25-28(22)21(19)27-13-7-10-18(14-27)20(29)23-12-11-17-8-5-4-6-9-17/h4-6,8-9,15,18H,3,7,10-14H2,1-2H3,(H,23,29)/t18-/m0/s1. The quantitative estimate of drug-likeness (QED) is 0.698. The molecule has 7 heteroatoms. The van der Waals surface area contributed by atoms with Crippen LogP contribution >= 0.6 is 0 Å². The van der Waals surface area contributed by atoms with Crippen molar-refractivity contribution in [2.24, 2.45) is 5.92 Å². The van der Waals surface area contributed by atoms with Gasteiger partial charge in [0, 0.05) is 30.9 Å². The Morgan fingerprint density at radius 1 is 1.28 bits per heavy atom. The molecule has 29 heavy (non-hydrogen) atoms. The summed E-state index contributed by atoms with van der Waals surface area (Å²) in [6, 6.07) is 10.3. The molecule has 152 valence electrons. The van der Waals surface area contributed by atoms with Crippen LogP contribution in [0.3, 0.4) is 0 Å². The van der Waals surface area contributed by atoms with Crippen LogP contribution in [0.2, 0.25) is 0 Å². The van der Waals surface area contributed by atoms with Crippen molar-refractivity contribution in [3.05, 3.63) is 53.5 Å². The number of rotatable bonds is 6. The van der Waals surface area contributed by atoms with Gasteiger partial charge in [-0.1, -0.05) is 37.3 Å². The fourth-order valence-electron chi connectivity index (χ4n) is 4.21. The van der Waals surface area contributed by atoms with Gasteiger partial charge in [0.05, 0.1) is 5.92 Å². The van der Waals surface area contributed by atoms with E-state index >= 15 is 0 Å². The van der Waals surface area contributed by atoms with E-state index in [1.807, 2.05) is 29.6 Å². The Morgan fingerprint density at radius 2 is 2.10 bits per heavy atom. The number of hydrogen-bond acceptors (Lipinski definition) is 5. The van der Waals surface area contributed by atoms with E-state index < -0.39 is 0 Å². The van der Waals surface area contributed by atoms with Gasteiger partial charge in [-0.15, -0.1) is 0 Å². The Bertz CT molecular complexity index is 984. The molecule has 0 aliphatic carbocycles. The molecule has 1 amide bonds. The zero-order valence-electron chi connectivity index (χ0n) is 17.1. The van der Waals surface area contributed by atoms with Gasteiger partial charge in [0.1, 0.15) is 12.1 Å². The summed E-state index contributed by atoms with van der Waals surface area (Å²) in [5.41, 5.74) is 3.40. The van der Waals surface area contributed by atoms with Crippen LogP contribution in [0.15, 0.2) is 36.7 Å². The lowest BCUT2D eigenvalue weighted by atomic mass is 9.96. The molecular weight excluding hydrogens is 364 g/mol. The van der Waals surface area contributed by atoms with Crippen LogP contribution in [-0.2, 0) is 17.6 Å². The number of hydrogen-bond donors (Lipinski definition) is 1. The van der Waals surface area contributed by atoms with Gasteiger partial charge in [-0.2, -0.15) is 14.6 Å². The summed E-state index contributed by atoms with van der Waals surface area (Å²) in [5, 5.41) is 7.53. The van der Waals surface area contributed by atoms with E-state index in [0.717, 1.165) is 43.7 Å². The molecule has 0 spiro atoms. The molecule has 7 nitrogen and oxygen atoms in total. The highest BCUT2D eigenvalue weighted by atomic mass is 16.1. The molecule has 1 saturated heterocycles. The number of anilines is 1. The monoisotopic (exact) mass is 392 g/mol. The lowest BCUT2D eigenvalue weighted by Crippen LogP contribution is -2.44. The number of piperidine rings is 1. The van der Waals surface area contributed by atoms with E-state index in [2.05, 4.69) is 44.3 Å². The molecule has 0 radical (unpaired) electrons. The normalized spacial score (nSPS) is 16.9. The number of aromatic nitrogens is 4. The van der Waals surface area contributed by atoms with Crippen molar-refractivity contribution in [2.75, 3.05) is 24.5 Å². The zero-order chi connectivity index (χ0) is 20.2. The summed E-state index contributed by atoms with van der Waals surface area (Å²) >= 11 is 0. The topological polar surface area (TPSA) is 75.4 Å². The highest BCUT2D eigenvalue weighted by Gasteiger charge is 2.29. The van der Waals surface area contributed by atoms with E-state index in [-0.39, 0.29) is 11.8 Å². The number of fused-ring (bicyclic) bond motifs is 1. The third-order valence-corrected chi connectivity index (χ3v) is 5.71. The van der Waals surface area contributed by atoms with Gasteiger partial charge in [0.2, 0.25) is 5.91 Å². The molecule has 4 rings (SSSR count). The minimum absolute atomic E-state index is 0.0173. The zero-order valence-corrected chi connectivity index (χ0v) is 17.1. The largest absolute Gasteiger partial charge is 0.355 e. The second-order valence-corrected chi connectivity index (χ2v) is 7.64. The highest BCUT2D eigenvalue weighted by molar-refractivity contribution is 5.79. The SMILES string of the molecule is CCc1c(C)nc2ncnn2c1N1CCC[C@H](C(=O)NCCc2ccccc2)C1. The predicted molar refractivity (Wildman–Crippen MR) is 113 cm³/mol. The van der Waals surface area contributed by atoms with Crippen LogP contribution in [-0.4, -0.2) is 45.1 Å². The lowest BCUT2D eigenvalue weighted by Gasteiger charge is -2.35. The molecule has 0 unspecified atom stereocenters. The molecule has 1 N–H and O–H groups in total. The second kappa shape index (κ2) is 8.59. The van der Waals surface area contributed by atoms with Crippen LogP contribution in [0, 0.1) is 12.8 Å². The third kappa shape index (κ3) is 4.09. The van der Waals surface area contributed by atoms with E-state index in [0.29, 0.717) is 18.9 Å². The number of amides is 1. The first kappa shape index (κ1) is 19.4.